The molecule has 0 spiro atoms. The molecule has 1 aromatic carbocycles. The number of amides is 1. The maximum absolute atomic E-state index is 12.5. The van der Waals surface area contributed by atoms with Crippen LogP contribution in [0.4, 0.5) is 0 Å². The Labute approximate surface area is 142 Å². The summed E-state index contributed by atoms with van der Waals surface area (Å²) in [6.45, 7) is 5.89. The van der Waals surface area contributed by atoms with Crippen LogP contribution in [0.5, 0.6) is 5.75 Å². The zero-order valence-electron chi connectivity index (χ0n) is 14.6. The first-order valence-corrected chi connectivity index (χ1v) is 8.09. The minimum atomic E-state index is -0.231. The van der Waals surface area contributed by atoms with Gasteiger partial charge in [0.1, 0.15) is 17.3 Å². The lowest BCUT2D eigenvalue weighted by Gasteiger charge is -2.21. The molecule has 0 radical (unpaired) electrons. The molecule has 1 unspecified atom stereocenters. The normalized spacial score (nSPS) is 12.2. The van der Waals surface area contributed by atoms with Crippen LogP contribution in [-0.2, 0) is 0 Å². The van der Waals surface area contributed by atoms with Crippen molar-refractivity contribution in [1.29, 1.82) is 0 Å². The van der Waals surface area contributed by atoms with Gasteiger partial charge >= 0.3 is 0 Å². The van der Waals surface area contributed by atoms with Crippen LogP contribution in [0.25, 0.3) is 11.4 Å². The number of aromatic nitrogens is 2. The molecule has 1 aromatic heterocycles. The molecule has 0 fully saturated rings. The summed E-state index contributed by atoms with van der Waals surface area (Å²) >= 11 is 0. The fraction of sp³-hybridized carbons (Fsp3) is 0.444. The van der Waals surface area contributed by atoms with E-state index in [9.17, 15) is 4.79 Å². The summed E-state index contributed by atoms with van der Waals surface area (Å²) < 4.78 is 5.22. The van der Waals surface area contributed by atoms with Crippen LogP contribution in [-0.4, -0.2) is 40.7 Å². The summed E-state index contributed by atoms with van der Waals surface area (Å²) in [6, 6.07) is 7.42. The first-order valence-electron chi connectivity index (χ1n) is 8.09. The van der Waals surface area contributed by atoms with Crippen LogP contribution in [0.3, 0.4) is 0 Å². The van der Waals surface area contributed by atoms with E-state index in [1.807, 2.05) is 45.0 Å². The standard InChI is InChI=1S/C18H25N3O3/c1-11(2)15(8-9-22)20-18(23)16-12(3)19-17(21-16)13-6-5-7-14(10-13)24-4/h5-7,10-11,15,22H,8-9H2,1-4H3,(H,19,21)(H,20,23). The van der Waals surface area contributed by atoms with Gasteiger partial charge in [0.05, 0.1) is 7.11 Å². The second-order valence-electron chi connectivity index (χ2n) is 6.13. The van der Waals surface area contributed by atoms with Gasteiger partial charge in [0, 0.05) is 23.9 Å². The predicted molar refractivity (Wildman–Crippen MR) is 93.1 cm³/mol. The van der Waals surface area contributed by atoms with Gasteiger partial charge in [-0.05, 0) is 31.4 Å². The van der Waals surface area contributed by atoms with Crippen LogP contribution < -0.4 is 10.1 Å². The molecule has 3 N–H and O–H groups in total. The number of hydrogen-bond donors (Lipinski definition) is 3. The Morgan fingerprint density at radius 1 is 1.42 bits per heavy atom. The molecule has 0 aliphatic heterocycles. The second-order valence-corrected chi connectivity index (χ2v) is 6.13. The molecular weight excluding hydrogens is 306 g/mol. The number of aliphatic hydroxyl groups is 1. The molecule has 0 bridgehead atoms. The van der Waals surface area contributed by atoms with Gasteiger partial charge in [0.15, 0.2) is 0 Å². The number of benzene rings is 1. The van der Waals surface area contributed by atoms with Gasteiger partial charge in [0.25, 0.3) is 5.91 Å². The Morgan fingerprint density at radius 2 is 2.17 bits per heavy atom. The lowest BCUT2D eigenvalue weighted by Crippen LogP contribution is -2.39. The third-order valence-corrected chi connectivity index (χ3v) is 4.00. The fourth-order valence-electron chi connectivity index (χ4n) is 2.54. The maximum atomic E-state index is 12.5. The van der Waals surface area contributed by atoms with Crippen molar-refractivity contribution >= 4 is 5.91 Å². The van der Waals surface area contributed by atoms with Crippen molar-refractivity contribution in [3.63, 3.8) is 0 Å². The van der Waals surface area contributed by atoms with Crippen LogP contribution in [0.15, 0.2) is 24.3 Å². The molecule has 0 saturated carbocycles. The van der Waals surface area contributed by atoms with Gasteiger partial charge < -0.3 is 20.1 Å². The summed E-state index contributed by atoms with van der Waals surface area (Å²) in [5, 5.41) is 12.1. The molecule has 1 amide bonds. The van der Waals surface area contributed by atoms with Crippen LogP contribution in [0.1, 0.15) is 36.5 Å². The summed E-state index contributed by atoms with van der Waals surface area (Å²) in [4.78, 5) is 20.1. The zero-order valence-corrected chi connectivity index (χ0v) is 14.6. The Morgan fingerprint density at radius 3 is 2.79 bits per heavy atom. The first-order chi connectivity index (χ1) is 11.5. The highest BCUT2D eigenvalue weighted by atomic mass is 16.5. The number of ether oxygens (including phenoxy) is 1. The number of imidazole rings is 1. The zero-order chi connectivity index (χ0) is 17.7. The number of aromatic amines is 1. The van der Waals surface area contributed by atoms with E-state index in [-0.39, 0.29) is 24.5 Å². The van der Waals surface area contributed by atoms with Crippen LogP contribution in [0.2, 0.25) is 0 Å². The minimum absolute atomic E-state index is 0.0394. The first kappa shape index (κ1) is 18.0. The van der Waals surface area contributed by atoms with Crippen molar-refractivity contribution in [1.82, 2.24) is 15.3 Å². The lowest BCUT2D eigenvalue weighted by molar-refractivity contribution is 0.0911. The average molecular weight is 331 g/mol. The molecule has 1 atom stereocenters. The van der Waals surface area contributed by atoms with Crippen molar-refractivity contribution in [2.24, 2.45) is 5.92 Å². The highest BCUT2D eigenvalue weighted by Crippen LogP contribution is 2.22. The highest BCUT2D eigenvalue weighted by Gasteiger charge is 2.21. The van der Waals surface area contributed by atoms with Crippen molar-refractivity contribution in [2.75, 3.05) is 13.7 Å². The van der Waals surface area contributed by atoms with Gasteiger partial charge in [0.2, 0.25) is 0 Å². The van der Waals surface area contributed by atoms with Gasteiger partial charge in [-0.2, -0.15) is 0 Å². The van der Waals surface area contributed by atoms with E-state index in [4.69, 9.17) is 9.84 Å². The van der Waals surface area contributed by atoms with Crippen molar-refractivity contribution in [3.8, 4) is 17.1 Å². The van der Waals surface area contributed by atoms with E-state index in [0.29, 0.717) is 23.6 Å². The average Bonchev–Trinajstić information content (AvgIpc) is 2.96. The van der Waals surface area contributed by atoms with E-state index in [1.165, 1.54) is 0 Å². The summed E-state index contributed by atoms with van der Waals surface area (Å²) in [5.41, 5.74) is 1.93. The molecule has 0 saturated heterocycles. The van der Waals surface area contributed by atoms with E-state index < -0.39 is 0 Å². The summed E-state index contributed by atoms with van der Waals surface area (Å²) in [5.74, 6) is 1.36. The quantitative estimate of drug-likeness (QED) is 0.727. The van der Waals surface area contributed by atoms with E-state index >= 15 is 0 Å². The maximum Gasteiger partial charge on any atom is 0.271 e. The third kappa shape index (κ3) is 4.14. The van der Waals surface area contributed by atoms with Gasteiger partial charge in [-0.3, -0.25) is 4.79 Å². The number of hydrogen-bond acceptors (Lipinski definition) is 4. The lowest BCUT2D eigenvalue weighted by atomic mass is 10.0. The number of carbonyl (C=O) groups is 1. The fourth-order valence-corrected chi connectivity index (χ4v) is 2.54. The number of carbonyl (C=O) groups excluding carboxylic acids is 1. The molecule has 6 heteroatoms. The number of nitrogens with zero attached hydrogens (tertiary/aromatic N) is 1. The number of H-pyrrole nitrogens is 1. The number of rotatable bonds is 7. The van der Waals surface area contributed by atoms with E-state index in [0.717, 1.165) is 11.3 Å². The monoisotopic (exact) mass is 331 g/mol. The molecule has 1 heterocycles. The Bertz CT molecular complexity index is 695. The van der Waals surface area contributed by atoms with Gasteiger partial charge in [-0.25, -0.2) is 4.98 Å². The summed E-state index contributed by atoms with van der Waals surface area (Å²) in [6.07, 6.45) is 0.523. The van der Waals surface area contributed by atoms with Crippen molar-refractivity contribution in [3.05, 3.63) is 35.7 Å². The number of nitrogens with one attached hydrogen (secondary N) is 2. The molecular formula is C18H25N3O3. The van der Waals surface area contributed by atoms with Crippen LogP contribution >= 0.6 is 0 Å². The van der Waals surface area contributed by atoms with Gasteiger partial charge in [-0.1, -0.05) is 26.0 Å². The Hall–Kier alpha value is -2.34. The topological polar surface area (TPSA) is 87.2 Å². The number of aliphatic hydroxyl groups excluding tert-OH is 1. The Balaban J connectivity index is 2.22. The number of aryl methyl sites for hydroxylation is 1. The molecule has 0 aliphatic rings. The van der Waals surface area contributed by atoms with E-state index in [2.05, 4.69) is 15.3 Å². The van der Waals surface area contributed by atoms with Gasteiger partial charge in [-0.15, -0.1) is 0 Å². The minimum Gasteiger partial charge on any atom is -0.497 e. The highest BCUT2D eigenvalue weighted by molar-refractivity contribution is 5.94. The molecule has 24 heavy (non-hydrogen) atoms. The number of methoxy groups -OCH3 is 1. The predicted octanol–water partition coefficient (Wildman–Crippen LogP) is 2.53. The smallest absolute Gasteiger partial charge is 0.271 e. The molecule has 130 valence electrons. The molecule has 2 rings (SSSR count). The van der Waals surface area contributed by atoms with E-state index in [1.54, 1.807) is 7.11 Å². The van der Waals surface area contributed by atoms with Crippen molar-refractivity contribution in [2.45, 2.75) is 33.2 Å². The molecule has 2 aromatic rings. The third-order valence-electron chi connectivity index (χ3n) is 4.00. The molecule has 0 aliphatic carbocycles. The Kier molecular flexibility index (Phi) is 5.98. The summed E-state index contributed by atoms with van der Waals surface area (Å²) in [7, 11) is 1.61. The molecule has 6 nitrogen and oxygen atoms in total. The van der Waals surface area contributed by atoms with Crippen LogP contribution in [0, 0.1) is 12.8 Å². The second kappa shape index (κ2) is 7.97. The van der Waals surface area contributed by atoms with Crippen molar-refractivity contribution < 1.29 is 14.6 Å². The largest absolute Gasteiger partial charge is 0.497 e. The SMILES string of the molecule is COc1cccc(-c2nc(C(=O)NC(CCO)C(C)C)c(C)[nH]2)c1.